The van der Waals surface area contributed by atoms with Gasteiger partial charge >= 0.3 is 5.97 Å². The highest BCUT2D eigenvalue weighted by molar-refractivity contribution is 6.30. The van der Waals surface area contributed by atoms with E-state index >= 15 is 0 Å². The second-order valence-corrected chi connectivity index (χ2v) is 3.34. The summed E-state index contributed by atoms with van der Waals surface area (Å²) < 4.78 is 4.84. The topological polar surface area (TPSA) is 46.5 Å². The van der Waals surface area contributed by atoms with Crippen molar-refractivity contribution in [2.75, 3.05) is 13.7 Å². The van der Waals surface area contributed by atoms with Gasteiger partial charge in [0.2, 0.25) is 0 Å². The lowest BCUT2D eigenvalue weighted by Gasteiger charge is -2.11. The average Bonchev–Trinajstić information content (AvgIpc) is 2.13. The third kappa shape index (κ3) is 2.72. The van der Waals surface area contributed by atoms with Gasteiger partial charge in [-0.25, -0.2) is 0 Å². The van der Waals surface area contributed by atoms with E-state index in [9.17, 15) is 4.79 Å². The lowest BCUT2D eigenvalue weighted by atomic mass is 10.0. The normalized spacial score (nSPS) is 12.4. The third-order valence-electron chi connectivity index (χ3n) is 1.88. The first kappa shape index (κ1) is 11.0. The van der Waals surface area contributed by atoms with Crippen molar-refractivity contribution in [3.8, 4) is 0 Å². The van der Waals surface area contributed by atoms with Crippen LogP contribution < -0.4 is 0 Å². The molecule has 0 amide bonds. The van der Waals surface area contributed by atoms with E-state index in [0.717, 1.165) is 0 Å². The Kier molecular flexibility index (Phi) is 3.92. The highest BCUT2D eigenvalue weighted by Gasteiger charge is 2.19. The fourth-order valence-corrected chi connectivity index (χ4v) is 1.40. The molecule has 0 radical (unpaired) electrons. The van der Waals surface area contributed by atoms with Crippen LogP contribution in [0.3, 0.4) is 0 Å². The van der Waals surface area contributed by atoms with Crippen molar-refractivity contribution in [2.24, 2.45) is 0 Å². The Bertz CT molecular complexity index is 325. The van der Waals surface area contributed by atoms with Crippen LogP contribution in [0.5, 0.6) is 0 Å². The van der Waals surface area contributed by atoms with Crippen LogP contribution in [0.25, 0.3) is 0 Å². The Labute approximate surface area is 87.3 Å². The molecule has 4 heteroatoms. The number of hydrogen-bond donors (Lipinski definition) is 1. The van der Waals surface area contributed by atoms with Crippen molar-refractivity contribution < 1.29 is 14.6 Å². The van der Waals surface area contributed by atoms with E-state index in [4.69, 9.17) is 21.4 Å². The van der Waals surface area contributed by atoms with E-state index in [0.29, 0.717) is 10.6 Å². The van der Waals surface area contributed by atoms with Gasteiger partial charge in [-0.3, -0.25) is 4.79 Å². The van der Waals surface area contributed by atoms with E-state index in [-0.39, 0.29) is 6.61 Å². The maximum atomic E-state index is 10.9. The molecule has 1 atom stereocenters. The molecule has 0 bridgehead atoms. The Hall–Kier alpha value is -1.06. The Balaban J connectivity index is 2.93. The first-order valence-corrected chi connectivity index (χ1v) is 4.50. The van der Waals surface area contributed by atoms with E-state index in [2.05, 4.69) is 0 Å². The molecule has 0 spiro atoms. The number of carbonyl (C=O) groups is 1. The van der Waals surface area contributed by atoms with Gasteiger partial charge in [0.1, 0.15) is 5.92 Å². The molecule has 0 saturated heterocycles. The molecule has 0 aliphatic heterocycles. The van der Waals surface area contributed by atoms with Crippen LogP contribution in [0.4, 0.5) is 0 Å². The first-order valence-electron chi connectivity index (χ1n) is 4.12. The maximum absolute atomic E-state index is 10.9. The van der Waals surface area contributed by atoms with Crippen LogP contribution in [0.15, 0.2) is 24.3 Å². The molecule has 3 nitrogen and oxygen atoms in total. The standard InChI is InChI=1S/C10H11ClO3/c1-14-6-9(10(12)13)7-3-2-4-8(11)5-7/h2-5,9H,6H2,1H3,(H,12,13). The number of methoxy groups -OCH3 is 1. The zero-order chi connectivity index (χ0) is 10.6. The fourth-order valence-electron chi connectivity index (χ4n) is 1.20. The second-order valence-electron chi connectivity index (χ2n) is 2.90. The minimum atomic E-state index is -0.908. The van der Waals surface area contributed by atoms with Crippen molar-refractivity contribution in [1.82, 2.24) is 0 Å². The quantitative estimate of drug-likeness (QED) is 0.836. The molecule has 76 valence electrons. The lowest BCUT2D eigenvalue weighted by Crippen LogP contribution is -2.16. The van der Waals surface area contributed by atoms with Crippen molar-refractivity contribution in [1.29, 1.82) is 0 Å². The maximum Gasteiger partial charge on any atom is 0.313 e. The molecule has 0 aromatic heterocycles. The highest BCUT2D eigenvalue weighted by Crippen LogP contribution is 2.20. The Morgan fingerprint density at radius 1 is 1.64 bits per heavy atom. The second kappa shape index (κ2) is 4.98. The number of halogens is 1. The van der Waals surface area contributed by atoms with Crippen LogP contribution in [0.1, 0.15) is 11.5 Å². The summed E-state index contributed by atoms with van der Waals surface area (Å²) in [5.41, 5.74) is 0.659. The van der Waals surface area contributed by atoms with Gasteiger partial charge in [0.05, 0.1) is 6.61 Å². The van der Waals surface area contributed by atoms with Gasteiger partial charge in [-0.05, 0) is 17.7 Å². The van der Waals surface area contributed by atoms with Crippen molar-refractivity contribution >= 4 is 17.6 Å². The highest BCUT2D eigenvalue weighted by atomic mass is 35.5. The summed E-state index contributed by atoms with van der Waals surface area (Å²) in [5.74, 6) is -1.56. The molecule has 1 N–H and O–H groups in total. The zero-order valence-electron chi connectivity index (χ0n) is 7.74. The molecule has 0 fully saturated rings. The molecular formula is C10H11ClO3. The van der Waals surface area contributed by atoms with Gasteiger partial charge < -0.3 is 9.84 Å². The molecule has 0 heterocycles. The van der Waals surface area contributed by atoms with Gasteiger partial charge in [-0.1, -0.05) is 23.7 Å². The van der Waals surface area contributed by atoms with Gasteiger partial charge in [0.25, 0.3) is 0 Å². The average molecular weight is 215 g/mol. The van der Waals surface area contributed by atoms with E-state index in [1.54, 1.807) is 24.3 Å². The van der Waals surface area contributed by atoms with Gasteiger partial charge in [-0.2, -0.15) is 0 Å². The lowest BCUT2D eigenvalue weighted by molar-refractivity contribution is -0.140. The van der Waals surface area contributed by atoms with Crippen molar-refractivity contribution in [2.45, 2.75) is 5.92 Å². The number of carboxylic acids is 1. The van der Waals surface area contributed by atoms with E-state index in [1.165, 1.54) is 7.11 Å². The third-order valence-corrected chi connectivity index (χ3v) is 2.12. The molecule has 1 rings (SSSR count). The number of rotatable bonds is 4. The molecule has 1 aromatic rings. The van der Waals surface area contributed by atoms with Crippen LogP contribution in [-0.2, 0) is 9.53 Å². The molecule has 1 unspecified atom stereocenters. The summed E-state index contributed by atoms with van der Waals surface area (Å²) in [4.78, 5) is 10.9. The smallest absolute Gasteiger partial charge is 0.313 e. The van der Waals surface area contributed by atoms with Gasteiger partial charge in [0, 0.05) is 12.1 Å². The van der Waals surface area contributed by atoms with Gasteiger partial charge in [0.15, 0.2) is 0 Å². The summed E-state index contributed by atoms with van der Waals surface area (Å²) in [5, 5.41) is 9.46. The summed E-state index contributed by atoms with van der Waals surface area (Å²) in [6.45, 7) is 0.148. The SMILES string of the molecule is COCC(C(=O)O)c1cccc(Cl)c1. The predicted octanol–water partition coefficient (Wildman–Crippen LogP) is 2.15. The summed E-state index contributed by atoms with van der Waals surface area (Å²) in [6.07, 6.45) is 0. The molecule has 0 aliphatic rings. The molecule has 0 saturated carbocycles. The zero-order valence-corrected chi connectivity index (χ0v) is 8.49. The molecular weight excluding hydrogens is 204 g/mol. The largest absolute Gasteiger partial charge is 0.481 e. The molecule has 14 heavy (non-hydrogen) atoms. The number of benzene rings is 1. The number of aliphatic carboxylic acids is 1. The Morgan fingerprint density at radius 3 is 2.86 bits per heavy atom. The number of ether oxygens (including phenoxy) is 1. The monoisotopic (exact) mass is 214 g/mol. The summed E-state index contributed by atoms with van der Waals surface area (Å²) >= 11 is 5.76. The minimum Gasteiger partial charge on any atom is -0.481 e. The molecule has 1 aromatic carbocycles. The predicted molar refractivity (Wildman–Crippen MR) is 53.7 cm³/mol. The van der Waals surface area contributed by atoms with Crippen LogP contribution in [0.2, 0.25) is 5.02 Å². The van der Waals surface area contributed by atoms with Crippen LogP contribution >= 0.6 is 11.6 Å². The number of carboxylic acid groups (broad SMARTS) is 1. The fraction of sp³-hybridized carbons (Fsp3) is 0.300. The van der Waals surface area contributed by atoms with Crippen LogP contribution in [0, 0.1) is 0 Å². The van der Waals surface area contributed by atoms with E-state index < -0.39 is 11.9 Å². The minimum absolute atomic E-state index is 0.148. The van der Waals surface area contributed by atoms with E-state index in [1.807, 2.05) is 0 Å². The molecule has 0 aliphatic carbocycles. The van der Waals surface area contributed by atoms with Crippen molar-refractivity contribution in [3.63, 3.8) is 0 Å². The Morgan fingerprint density at radius 2 is 2.36 bits per heavy atom. The summed E-state index contributed by atoms with van der Waals surface area (Å²) in [6, 6.07) is 6.79. The number of hydrogen-bond acceptors (Lipinski definition) is 2. The summed E-state index contributed by atoms with van der Waals surface area (Å²) in [7, 11) is 1.47. The van der Waals surface area contributed by atoms with Crippen molar-refractivity contribution in [3.05, 3.63) is 34.9 Å². The first-order chi connectivity index (χ1) is 6.65. The van der Waals surface area contributed by atoms with Gasteiger partial charge in [-0.15, -0.1) is 0 Å². The van der Waals surface area contributed by atoms with Crippen LogP contribution in [-0.4, -0.2) is 24.8 Å².